The van der Waals surface area contributed by atoms with Crippen LogP contribution in [0, 0.1) is 0 Å². The first kappa shape index (κ1) is 20.5. The molecule has 1 heterocycles. The minimum Gasteiger partial charge on any atom is -0.493 e. The van der Waals surface area contributed by atoms with Gasteiger partial charge in [-0.2, -0.15) is 5.10 Å². The molecule has 8 heteroatoms. The molecule has 0 amide bonds. The van der Waals surface area contributed by atoms with E-state index in [9.17, 15) is 0 Å². The van der Waals surface area contributed by atoms with Gasteiger partial charge in [0.25, 0.3) is 0 Å². The Morgan fingerprint density at radius 1 is 0.966 bits per heavy atom. The van der Waals surface area contributed by atoms with Crippen LogP contribution in [0.15, 0.2) is 46.9 Å². The summed E-state index contributed by atoms with van der Waals surface area (Å²) in [6, 6.07) is 11.3. The third-order valence-electron chi connectivity index (χ3n) is 4.04. The zero-order valence-electron chi connectivity index (χ0n) is 16.8. The fraction of sp³-hybridized carbons (Fsp3) is 0.238. The van der Waals surface area contributed by atoms with Crippen molar-refractivity contribution in [1.29, 1.82) is 0 Å². The highest BCUT2D eigenvalue weighted by molar-refractivity contribution is 7.14. The maximum atomic E-state index is 5.58. The van der Waals surface area contributed by atoms with Gasteiger partial charge >= 0.3 is 0 Å². The number of aromatic nitrogens is 1. The number of benzene rings is 2. The van der Waals surface area contributed by atoms with Gasteiger partial charge in [-0.3, -0.25) is 5.43 Å². The van der Waals surface area contributed by atoms with Crippen molar-refractivity contribution < 1.29 is 18.9 Å². The van der Waals surface area contributed by atoms with Crippen LogP contribution in [-0.2, 0) is 0 Å². The highest BCUT2D eigenvalue weighted by atomic mass is 32.1. The summed E-state index contributed by atoms with van der Waals surface area (Å²) in [6.07, 6.45) is 1.71. The van der Waals surface area contributed by atoms with E-state index in [0.717, 1.165) is 16.8 Å². The number of ether oxygens (including phenoxy) is 4. The molecule has 0 aliphatic rings. The van der Waals surface area contributed by atoms with Gasteiger partial charge in [-0.25, -0.2) is 4.98 Å². The van der Waals surface area contributed by atoms with Gasteiger partial charge in [-0.05, 0) is 48.9 Å². The number of anilines is 1. The molecule has 0 saturated carbocycles. The standard InChI is InChI=1S/C21H23N3O4S/c1-5-28-20-10-14(6-8-18(20)26-3)12-22-24-21-23-16(13-29-21)15-7-9-17(25-2)19(11-15)27-4/h6-13H,5H2,1-4H3,(H,23,24)/b22-12-. The van der Waals surface area contributed by atoms with Crippen LogP contribution in [0.2, 0.25) is 0 Å². The lowest BCUT2D eigenvalue weighted by atomic mass is 10.1. The summed E-state index contributed by atoms with van der Waals surface area (Å²) in [5, 5.41) is 6.91. The van der Waals surface area contributed by atoms with Crippen LogP contribution in [-0.4, -0.2) is 39.1 Å². The highest BCUT2D eigenvalue weighted by Crippen LogP contribution is 2.33. The maximum Gasteiger partial charge on any atom is 0.203 e. The highest BCUT2D eigenvalue weighted by Gasteiger charge is 2.09. The topological polar surface area (TPSA) is 74.2 Å². The smallest absolute Gasteiger partial charge is 0.203 e. The minimum atomic E-state index is 0.563. The molecule has 29 heavy (non-hydrogen) atoms. The minimum absolute atomic E-state index is 0.563. The Hall–Kier alpha value is -3.26. The summed E-state index contributed by atoms with van der Waals surface area (Å²) in [6.45, 7) is 2.49. The molecule has 3 aromatic rings. The third-order valence-corrected chi connectivity index (χ3v) is 4.79. The average molecular weight is 413 g/mol. The van der Waals surface area contributed by atoms with Crippen molar-refractivity contribution in [2.45, 2.75) is 6.92 Å². The molecule has 0 bridgehead atoms. The van der Waals surface area contributed by atoms with Crippen molar-refractivity contribution in [2.24, 2.45) is 5.10 Å². The first-order valence-electron chi connectivity index (χ1n) is 8.96. The molecular formula is C21H23N3O4S. The average Bonchev–Trinajstić information content (AvgIpc) is 3.22. The molecule has 1 aromatic heterocycles. The number of nitrogens with zero attached hydrogens (tertiary/aromatic N) is 2. The Bertz CT molecular complexity index is 988. The van der Waals surface area contributed by atoms with E-state index in [1.165, 1.54) is 11.3 Å². The molecule has 152 valence electrons. The lowest BCUT2D eigenvalue weighted by Crippen LogP contribution is -1.97. The summed E-state index contributed by atoms with van der Waals surface area (Å²) in [4.78, 5) is 4.57. The molecule has 0 radical (unpaired) electrons. The maximum absolute atomic E-state index is 5.58. The van der Waals surface area contributed by atoms with Gasteiger partial charge in [0.1, 0.15) is 0 Å². The normalized spacial score (nSPS) is 10.8. The van der Waals surface area contributed by atoms with Crippen molar-refractivity contribution in [3.63, 3.8) is 0 Å². The Labute approximate surface area is 173 Å². The second-order valence-corrected chi connectivity index (χ2v) is 6.68. The summed E-state index contributed by atoms with van der Waals surface area (Å²) in [7, 11) is 4.84. The number of rotatable bonds is 9. The van der Waals surface area contributed by atoms with Crippen molar-refractivity contribution in [2.75, 3.05) is 33.4 Å². The van der Waals surface area contributed by atoms with Crippen LogP contribution in [0.4, 0.5) is 5.13 Å². The number of thiazole rings is 1. The first-order valence-corrected chi connectivity index (χ1v) is 9.84. The van der Waals surface area contributed by atoms with Gasteiger partial charge in [0.2, 0.25) is 5.13 Å². The number of nitrogens with one attached hydrogen (secondary N) is 1. The number of hydrazone groups is 1. The van der Waals surface area contributed by atoms with Gasteiger partial charge in [0, 0.05) is 10.9 Å². The van der Waals surface area contributed by atoms with Gasteiger partial charge in [-0.1, -0.05) is 0 Å². The Morgan fingerprint density at radius 3 is 2.41 bits per heavy atom. The zero-order chi connectivity index (χ0) is 20.6. The molecule has 0 aliphatic heterocycles. The van der Waals surface area contributed by atoms with E-state index in [2.05, 4.69) is 15.5 Å². The van der Waals surface area contributed by atoms with Crippen LogP contribution in [0.1, 0.15) is 12.5 Å². The van der Waals surface area contributed by atoms with Gasteiger partial charge in [-0.15, -0.1) is 11.3 Å². The lowest BCUT2D eigenvalue weighted by molar-refractivity contribution is 0.311. The summed E-state index contributed by atoms with van der Waals surface area (Å²) >= 11 is 1.47. The molecule has 0 atom stereocenters. The van der Waals surface area contributed by atoms with Crippen LogP contribution in [0.5, 0.6) is 23.0 Å². The second-order valence-electron chi connectivity index (χ2n) is 5.82. The molecule has 2 aromatic carbocycles. The van der Waals surface area contributed by atoms with E-state index in [1.54, 1.807) is 27.5 Å². The van der Waals surface area contributed by atoms with Gasteiger partial charge in [0.15, 0.2) is 23.0 Å². The van der Waals surface area contributed by atoms with Crippen molar-refractivity contribution in [3.05, 3.63) is 47.3 Å². The Morgan fingerprint density at radius 2 is 1.69 bits per heavy atom. The van der Waals surface area contributed by atoms with Crippen LogP contribution in [0.25, 0.3) is 11.3 Å². The molecule has 0 aliphatic carbocycles. The molecule has 7 nitrogen and oxygen atoms in total. The second kappa shape index (κ2) is 9.79. The molecule has 0 saturated heterocycles. The number of hydrogen-bond acceptors (Lipinski definition) is 8. The van der Waals surface area contributed by atoms with E-state index >= 15 is 0 Å². The van der Waals surface area contributed by atoms with Gasteiger partial charge in [0.05, 0.1) is 39.8 Å². The largest absolute Gasteiger partial charge is 0.493 e. The number of methoxy groups -OCH3 is 3. The molecule has 1 N–H and O–H groups in total. The fourth-order valence-electron chi connectivity index (χ4n) is 2.66. The number of hydrogen-bond donors (Lipinski definition) is 1. The molecule has 3 rings (SSSR count). The monoisotopic (exact) mass is 413 g/mol. The first-order chi connectivity index (χ1) is 14.2. The third kappa shape index (κ3) is 4.97. The fourth-order valence-corrected chi connectivity index (χ4v) is 3.33. The zero-order valence-corrected chi connectivity index (χ0v) is 17.6. The van der Waals surface area contributed by atoms with E-state index in [1.807, 2.05) is 48.7 Å². The van der Waals surface area contributed by atoms with Crippen LogP contribution < -0.4 is 24.4 Å². The SMILES string of the molecule is CCOc1cc(/C=N\Nc2nc(-c3ccc(OC)c(OC)c3)cs2)ccc1OC. The molecule has 0 spiro atoms. The quantitative estimate of drug-likeness (QED) is 0.406. The van der Waals surface area contributed by atoms with E-state index in [4.69, 9.17) is 18.9 Å². The van der Waals surface area contributed by atoms with Crippen molar-refractivity contribution in [1.82, 2.24) is 4.98 Å². The predicted octanol–water partition coefficient (Wildman–Crippen LogP) is 4.68. The van der Waals surface area contributed by atoms with Gasteiger partial charge < -0.3 is 18.9 Å². The van der Waals surface area contributed by atoms with Crippen LogP contribution >= 0.6 is 11.3 Å². The summed E-state index contributed by atoms with van der Waals surface area (Å²) < 4.78 is 21.5. The van der Waals surface area contributed by atoms with E-state index < -0.39 is 0 Å². The predicted molar refractivity (Wildman–Crippen MR) is 116 cm³/mol. The molecular weight excluding hydrogens is 390 g/mol. The Balaban J connectivity index is 1.70. The van der Waals surface area contributed by atoms with E-state index in [-0.39, 0.29) is 0 Å². The Kier molecular flexibility index (Phi) is 6.91. The van der Waals surface area contributed by atoms with Crippen molar-refractivity contribution >= 4 is 22.7 Å². The lowest BCUT2D eigenvalue weighted by Gasteiger charge is -2.09. The van der Waals surface area contributed by atoms with Crippen LogP contribution in [0.3, 0.4) is 0 Å². The summed E-state index contributed by atoms with van der Waals surface area (Å²) in [5.41, 5.74) is 5.62. The summed E-state index contributed by atoms with van der Waals surface area (Å²) in [5.74, 6) is 2.72. The molecule has 0 fully saturated rings. The van der Waals surface area contributed by atoms with Crippen molar-refractivity contribution in [3.8, 4) is 34.3 Å². The molecule has 0 unspecified atom stereocenters. The van der Waals surface area contributed by atoms with E-state index in [0.29, 0.717) is 34.7 Å².